The summed E-state index contributed by atoms with van der Waals surface area (Å²) in [5.41, 5.74) is 0.486. The van der Waals surface area contributed by atoms with Crippen molar-refractivity contribution in [3.05, 3.63) is 18.0 Å². The van der Waals surface area contributed by atoms with Gasteiger partial charge in [-0.3, -0.25) is 9.48 Å². The van der Waals surface area contributed by atoms with Gasteiger partial charge in [-0.1, -0.05) is 12.8 Å². The predicted molar refractivity (Wildman–Crippen MR) is 57.8 cm³/mol. The number of aryl methyl sites for hydroxylation is 1. The highest BCUT2D eigenvalue weighted by Gasteiger charge is 2.26. The van der Waals surface area contributed by atoms with E-state index < -0.39 is 6.17 Å². The van der Waals surface area contributed by atoms with Gasteiger partial charge in [0, 0.05) is 13.2 Å². The van der Waals surface area contributed by atoms with Gasteiger partial charge in [0.05, 0.1) is 17.8 Å². The number of carbonyl (C=O) groups excluding carboxylic acids is 1. The minimum absolute atomic E-state index is 0.234. The molecule has 16 heavy (non-hydrogen) atoms. The highest BCUT2D eigenvalue weighted by molar-refractivity contribution is 5.93. The molecule has 4 nitrogen and oxygen atoms in total. The first-order valence-electron chi connectivity index (χ1n) is 5.60. The molecule has 2 atom stereocenters. The molecular formula is C11H16FN3O. The summed E-state index contributed by atoms with van der Waals surface area (Å²) in [6.45, 7) is 0. The minimum Gasteiger partial charge on any atom is -0.346 e. The molecule has 1 aromatic rings. The third-order valence-corrected chi connectivity index (χ3v) is 2.97. The molecule has 0 radical (unpaired) electrons. The van der Waals surface area contributed by atoms with Crippen LogP contribution in [0.2, 0.25) is 0 Å². The van der Waals surface area contributed by atoms with E-state index >= 15 is 0 Å². The monoisotopic (exact) mass is 225 g/mol. The second kappa shape index (κ2) is 4.63. The second-order valence-corrected chi connectivity index (χ2v) is 4.28. The zero-order valence-electron chi connectivity index (χ0n) is 9.32. The number of halogens is 1. The summed E-state index contributed by atoms with van der Waals surface area (Å²) in [6.07, 6.45) is 5.40. The summed E-state index contributed by atoms with van der Waals surface area (Å²) in [6, 6.07) is -0.332. The van der Waals surface area contributed by atoms with Crippen molar-refractivity contribution in [3.8, 4) is 0 Å². The first-order chi connectivity index (χ1) is 7.66. The maximum absolute atomic E-state index is 13.5. The van der Waals surface area contributed by atoms with Crippen molar-refractivity contribution < 1.29 is 9.18 Å². The zero-order chi connectivity index (χ0) is 11.5. The highest BCUT2D eigenvalue weighted by Crippen LogP contribution is 2.21. The molecule has 0 aromatic carbocycles. The van der Waals surface area contributed by atoms with E-state index in [0.717, 1.165) is 19.3 Å². The Morgan fingerprint density at radius 2 is 2.31 bits per heavy atom. The van der Waals surface area contributed by atoms with Crippen LogP contribution in [-0.2, 0) is 7.05 Å². The molecule has 0 spiro atoms. The van der Waals surface area contributed by atoms with Crippen LogP contribution in [0.25, 0.3) is 0 Å². The first-order valence-corrected chi connectivity index (χ1v) is 5.60. The Bertz CT molecular complexity index is 377. The van der Waals surface area contributed by atoms with Gasteiger partial charge in [0.2, 0.25) is 0 Å². The first kappa shape index (κ1) is 11.1. The van der Waals surface area contributed by atoms with E-state index in [1.54, 1.807) is 17.9 Å². The van der Waals surface area contributed by atoms with Crippen LogP contribution >= 0.6 is 0 Å². The number of amides is 1. The molecule has 1 amide bonds. The predicted octanol–water partition coefficient (Wildman–Crippen LogP) is 1.43. The molecule has 5 heteroatoms. The Kier molecular flexibility index (Phi) is 3.22. The summed E-state index contributed by atoms with van der Waals surface area (Å²) in [4.78, 5) is 11.7. The standard InChI is InChI=1S/C11H16FN3O/c1-15-7-8(6-13-15)11(16)14-10-5-3-2-4-9(10)12/h6-7,9-10H,2-5H2,1H3,(H,14,16)/t9-,10-/m1/s1. The molecule has 1 heterocycles. The van der Waals surface area contributed by atoms with Gasteiger partial charge < -0.3 is 5.32 Å². The molecule has 1 saturated carbocycles. The summed E-state index contributed by atoms with van der Waals surface area (Å²) in [5.74, 6) is -0.234. The maximum Gasteiger partial charge on any atom is 0.254 e. The van der Waals surface area contributed by atoms with Gasteiger partial charge in [0.1, 0.15) is 6.17 Å². The molecular weight excluding hydrogens is 209 g/mol. The molecule has 0 unspecified atom stereocenters. The van der Waals surface area contributed by atoms with Crippen molar-refractivity contribution in [2.75, 3.05) is 0 Å². The Balaban J connectivity index is 1.96. The number of hydrogen-bond donors (Lipinski definition) is 1. The van der Waals surface area contributed by atoms with E-state index in [4.69, 9.17) is 0 Å². The van der Waals surface area contributed by atoms with Crippen molar-refractivity contribution in [1.29, 1.82) is 0 Å². The lowest BCUT2D eigenvalue weighted by Crippen LogP contribution is -2.43. The molecule has 88 valence electrons. The van der Waals surface area contributed by atoms with Crippen molar-refractivity contribution in [2.45, 2.75) is 37.9 Å². The highest BCUT2D eigenvalue weighted by atomic mass is 19.1. The van der Waals surface area contributed by atoms with Crippen LogP contribution in [0.4, 0.5) is 4.39 Å². The normalized spacial score (nSPS) is 25.4. The Morgan fingerprint density at radius 1 is 1.56 bits per heavy atom. The molecule has 0 bridgehead atoms. The maximum atomic E-state index is 13.5. The molecule has 1 aliphatic rings. The van der Waals surface area contributed by atoms with Gasteiger partial charge in [-0.05, 0) is 12.8 Å². The summed E-state index contributed by atoms with van der Waals surface area (Å²) in [7, 11) is 1.75. The number of nitrogens with one attached hydrogen (secondary N) is 1. The lowest BCUT2D eigenvalue weighted by atomic mass is 9.93. The third kappa shape index (κ3) is 2.40. The third-order valence-electron chi connectivity index (χ3n) is 2.97. The van der Waals surface area contributed by atoms with Crippen LogP contribution in [0.5, 0.6) is 0 Å². The van der Waals surface area contributed by atoms with E-state index in [1.165, 1.54) is 6.20 Å². The summed E-state index contributed by atoms with van der Waals surface area (Å²) < 4.78 is 15.1. The molecule has 1 fully saturated rings. The smallest absolute Gasteiger partial charge is 0.254 e. The van der Waals surface area contributed by atoms with E-state index in [2.05, 4.69) is 10.4 Å². The Hall–Kier alpha value is -1.39. The second-order valence-electron chi connectivity index (χ2n) is 4.28. The quantitative estimate of drug-likeness (QED) is 0.827. The van der Waals surface area contributed by atoms with E-state index in [9.17, 15) is 9.18 Å². The summed E-state index contributed by atoms with van der Waals surface area (Å²) in [5, 5.41) is 6.64. The average molecular weight is 225 g/mol. The van der Waals surface area contributed by atoms with Crippen molar-refractivity contribution in [1.82, 2.24) is 15.1 Å². The van der Waals surface area contributed by atoms with E-state index in [0.29, 0.717) is 12.0 Å². The van der Waals surface area contributed by atoms with E-state index in [-0.39, 0.29) is 11.9 Å². The fourth-order valence-electron chi connectivity index (χ4n) is 2.04. The average Bonchev–Trinajstić information content (AvgIpc) is 2.68. The molecule has 2 rings (SSSR count). The topological polar surface area (TPSA) is 46.9 Å². The van der Waals surface area contributed by atoms with Crippen LogP contribution in [0, 0.1) is 0 Å². The minimum atomic E-state index is -0.908. The van der Waals surface area contributed by atoms with Gasteiger partial charge in [0.15, 0.2) is 0 Å². The largest absolute Gasteiger partial charge is 0.346 e. The molecule has 0 saturated heterocycles. The van der Waals surface area contributed by atoms with Crippen LogP contribution in [0.1, 0.15) is 36.0 Å². The number of hydrogen-bond acceptors (Lipinski definition) is 2. The Morgan fingerprint density at radius 3 is 2.94 bits per heavy atom. The fraction of sp³-hybridized carbons (Fsp3) is 0.636. The number of nitrogens with zero attached hydrogens (tertiary/aromatic N) is 2. The number of carbonyl (C=O) groups is 1. The zero-order valence-corrected chi connectivity index (χ0v) is 9.32. The van der Waals surface area contributed by atoms with Gasteiger partial charge in [-0.15, -0.1) is 0 Å². The molecule has 1 N–H and O–H groups in total. The van der Waals surface area contributed by atoms with Gasteiger partial charge in [0.25, 0.3) is 5.91 Å². The van der Waals surface area contributed by atoms with Gasteiger partial charge in [-0.2, -0.15) is 5.10 Å². The lowest BCUT2D eigenvalue weighted by Gasteiger charge is -2.26. The fourth-order valence-corrected chi connectivity index (χ4v) is 2.04. The number of rotatable bonds is 2. The van der Waals surface area contributed by atoms with Crippen LogP contribution in [-0.4, -0.2) is 27.9 Å². The van der Waals surface area contributed by atoms with E-state index in [1.807, 2.05) is 0 Å². The molecule has 0 aliphatic heterocycles. The molecule has 1 aliphatic carbocycles. The SMILES string of the molecule is Cn1cc(C(=O)N[C@@H]2CCCC[C@H]2F)cn1. The van der Waals surface area contributed by atoms with Crippen LogP contribution < -0.4 is 5.32 Å². The number of alkyl halides is 1. The van der Waals surface area contributed by atoms with Gasteiger partial charge >= 0.3 is 0 Å². The molecule has 1 aromatic heterocycles. The van der Waals surface area contributed by atoms with Crippen molar-refractivity contribution in [3.63, 3.8) is 0 Å². The Labute approximate surface area is 93.8 Å². The van der Waals surface area contributed by atoms with Crippen LogP contribution in [0.15, 0.2) is 12.4 Å². The van der Waals surface area contributed by atoms with Crippen molar-refractivity contribution in [2.24, 2.45) is 7.05 Å². The van der Waals surface area contributed by atoms with Gasteiger partial charge in [-0.25, -0.2) is 4.39 Å². The van der Waals surface area contributed by atoms with Crippen LogP contribution in [0.3, 0.4) is 0 Å². The van der Waals surface area contributed by atoms with Crippen molar-refractivity contribution >= 4 is 5.91 Å². The number of aromatic nitrogens is 2. The lowest BCUT2D eigenvalue weighted by molar-refractivity contribution is 0.0884. The summed E-state index contributed by atoms with van der Waals surface area (Å²) >= 11 is 0.